The number of halogens is 1. The number of nitrogens with zero attached hydrogens (tertiary/aromatic N) is 4. The van der Waals surface area contributed by atoms with E-state index >= 15 is 0 Å². The highest BCUT2D eigenvalue weighted by atomic mass is 35.5. The highest BCUT2D eigenvalue weighted by Crippen LogP contribution is 2.28. The van der Waals surface area contributed by atoms with E-state index in [9.17, 15) is 9.59 Å². The van der Waals surface area contributed by atoms with Gasteiger partial charge in [-0.1, -0.05) is 35.9 Å². The van der Waals surface area contributed by atoms with Crippen LogP contribution >= 0.6 is 11.6 Å². The van der Waals surface area contributed by atoms with Crippen LogP contribution in [0.25, 0.3) is 0 Å². The van der Waals surface area contributed by atoms with E-state index in [1.54, 1.807) is 19.3 Å². The van der Waals surface area contributed by atoms with E-state index in [1.165, 1.54) is 4.90 Å². The molecule has 0 saturated carbocycles. The Kier molecular flexibility index (Phi) is 8.00. The summed E-state index contributed by atoms with van der Waals surface area (Å²) < 4.78 is 0. The maximum atomic E-state index is 11.7. The number of primary amides is 1. The summed E-state index contributed by atoms with van der Waals surface area (Å²) in [6, 6.07) is 11.6. The first-order chi connectivity index (χ1) is 17.3. The number of piperidine rings is 1. The average molecular weight is 509 g/mol. The Balaban J connectivity index is 1.40. The van der Waals surface area contributed by atoms with Gasteiger partial charge in [-0.3, -0.25) is 9.78 Å². The molecule has 2 aromatic heterocycles. The van der Waals surface area contributed by atoms with E-state index in [4.69, 9.17) is 22.4 Å². The number of benzene rings is 1. The van der Waals surface area contributed by atoms with Gasteiger partial charge in [-0.2, -0.15) is 0 Å². The van der Waals surface area contributed by atoms with Crippen LogP contribution in [0.5, 0.6) is 0 Å². The molecule has 0 spiro atoms. The maximum Gasteiger partial charge on any atom is 0.407 e. The van der Waals surface area contributed by atoms with E-state index in [-0.39, 0.29) is 17.7 Å². The zero-order chi connectivity index (χ0) is 25.7. The molecule has 1 aliphatic heterocycles. The van der Waals surface area contributed by atoms with Crippen LogP contribution < -0.4 is 11.1 Å². The number of likely N-dealkylation sites (tertiary alicyclic amines) is 1. The molecule has 1 unspecified atom stereocenters. The molecular formula is C26H29ClN6O3. The first-order valence-corrected chi connectivity index (χ1v) is 12.3. The van der Waals surface area contributed by atoms with E-state index < -0.39 is 6.09 Å². The van der Waals surface area contributed by atoms with Crippen LogP contribution in [0.3, 0.4) is 0 Å². The Morgan fingerprint density at radius 1 is 1.14 bits per heavy atom. The third kappa shape index (κ3) is 6.09. The number of pyridine rings is 1. The Morgan fingerprint density at radius 3 is 2.56 bits per heavy atom. The summed E-state index contributed by atoms with van der Waals surface area (Å²) in [4.78, 5) is 37.7. The van der Waals surface area contributed by atoms with Crippen molar-refractivity contribution in [1.29, 1.82) is 0 Å². The number of amides is 2. The fraction of sp³-hybridized carbons (Fsp3) is 0.346. The second-order valence-electron chi connectivity index (χ2n) is 8.95. The lowest BCUT2D eigenvalue weighted by molar-refractivity contribution is -0.119. The zero-order valence-corrected chi connectivity index (χ0v) is 20.8. The van der Waals surface area contributed by atoms with Gasteiger partial charge in [0.25, 0.3) is 0 Å². The molecule has 36 heavy (non-hydrogen) atoms. The lowest BCUT2D eigenvalue weighted by Gasteiger charge is -2.29. The number of anilines is 2. The van der Waals surface area contributed by atoms with Crippen molar-refractivity contribution in [3.05, 3.63) is 76.3 Å². The van der Waals surface area contributed by atoms with E-state index in [0.717, 1.165) is 35.3 Å². The Bertz CT molecular complexity index is 1230. The van der Waals surface area contributed by atoms with Gasteiger partial charge in [-0.15, -0.1) is 0 Å². The van der Waals surface area contributed by atoms with Gasteiger partial charge in [0.2, 0.25) is 11.9 Å². The molecule has 1 aliphatic rings. The van der Waals surface area contributed by atoms with Crippen molar-refractivity contribution < 1.29 is 14.7 Å². The standard InChI is InChI=1S/C26H29ClN6O3/c1-16(24(28)34)20-5-3-2-4-17(20)6-8-23-21(27)15-30-25(32-23)31-19-7-9-22(29-14-19)18-10-12-33(13-11-18)26(35)36/h2-5,7,9,14-16,18H,6,8,10-13H2,1H3,(H2,28,34)(H,35,36)(H,30,31,32). The molecule has 10 heteroatoms. The van der Waals surface area contributed by atoms with Crippen molar-refractivity contribution in [2.75, 3.05) is 18.4 Å². The fourth-order valence-electron chi connectivity index (χ4n) is 4.44. The van der Waals surface area contributed by atoms with Crippen LogP contribution in [0.2, 0.25) is 5.02 Å². The zero-order valence-electron chi connectivity index (χ0n) is 20.0. The summed E-state index contributed by atoms with van der Waals surface area (Å²) in [7, 11) is 0. The summed E-state index contributed by atoms with van der Waals surface area (Å²) >= 11 is 6.38. The molecule has 1 saturated heterocycles. The molecule has 1 fully saturated rings. The van der Waals surface area contributed by atoms with Crippen molar-refractivity contribution in [2.45, 2.75) is 44.4 Å². The van der Waals surface area contributed by atoms with Gasteiger partial charge in [0.1, 0.15) is 0 Å². The van der Waals surface area contributed by atoms with Crippen LogP contribution in [0.1, 0.15) is 54.1 Å². The fourth-order valence-corrected chi connectivity index (χ4v) is 4.63. The Hall–Kier alpha value is -3.72. The van der Waals surface area contributed by atoms with Crippen LogP contribution in [0.4, 0.5) is 16.4 Å². The van der Waals surface area contributed by atoms with Crippen LogP contribution in [-0.2, 0) is 17.6 Å². The summed E-state index contributed by atoms with van der Waals surface area (Å²) in [5, 5.41) is 12.8. The van der Waals surface area contributed by atoms with E-state index in [0.29, 0.717) is 42.6 Å². The topological polar surface area (TPSA) is 134 Å². The summed E-state index contributed by atoms with van der Waals surface area (Å²) in [5.74, 6) is -0.0791. The predicted octanol–water partition coefficient (Wildman–Crippen LogP) is 4.50. The van der Waals surface area contributed by atoms with Gasteiger partial charge in [-0.05, 0) is 55.9 Å². The number of rotatable bonds is 8. The number of carboxylic acid groups (broad SMARTS) is 1. The maximum absolute atomic E-state index is 11.7. The monoisotopic (exact) mass is 508 g/mol. The molecule has 1 aromatic carbocycles. The number of nitrogens with two attached hydrogens (primary N) is 1. The van der Waals surface area contributed by atoms with Crippen molar-refractivity contribution in [2.24, 2.45) is 5.73 Å². The molecule has 1 atom stereocenters. The number of aryl methyl sites for hydroxylation is 2. The molecule has 0 aliphatic carbocycles. The van der Waals surface area contributed by atoms with Crippen molar-refractivity contribution in [3.63, 3.8) is 0 Å². The highest BCUT2D eigenvalue weighted by molar-refractivity contribution is 6.31. The molecule has 2 amide bonds. The molecule has 0 radical (unpaired) electrons. The summed E-state index contributed by atoms with van der Waals surface area (Å²) in [5.41, 5.74) is 9.85. The molecule has 4 N–H and O–H groups in total. The number of hydrogen-bond donors (Lipinski definition) is 3. The summed E-state index contributed by atoms with van der Waals surface area (Å²) in [6.45, 7) is 2.85. The minimum atomic E-state index is -0.868. The van der Waals surface area contributed by atoms with Gasteiger partial charge >= 0.3 is 6.09 Å². The quantitative estimate of drug-likeness (QED) is 0.407. The summed E-state index contributed by atoms with van der Waals surface area (Å²) in [6.07, 6.45) is 5.19. The van der Waals surface area contributed by atoms with Crippen LogP contribution in [-0.4, -0.2) is 50.0 Å². The number of carbonyl (C=O) groups is 2. The van der Waals surface area contributed by atoms with Crippen LogP contribution in [0.15, 0.2) is 48.8 Å². The predicted molar refractivity (Wildman–Crippen MR) is 138 cm³/mol. The Morgan fingerprint density at radius 2 is 1.89 bits per heavy atom. The van der Waals surface area contributed by atoms with Crippen molar-refractivity contribution >= 4 is 35.2 Å². The lowest BCUT2D eigenvalue weighted by atomic mass is 9.92. The van der Waals surface area contributed by atoms with Gasteiger partial charge in [-0.25, -0.2) is 14.8 Å². The third-order valence-corrected chi connectivity index (χ3v) is 6.94. The van der Waals surface area contributed by atoms with Gasteiger partial charge in [0.15, 0.2) is 0 Å². The molecule has 3 aromatic rings. The minimum Gasteiger partial charge on any atom is -0.465 e. The normalized spacial score (nSPS) is 14.9. The minimum absolute atomic E-state index is 0.244. The van der Waals surface area contributed by atoms with Crippen molar-refractivity contribution in [1.82, 2.24) is 19.9 Å². The second kappa shape index (κ2) is 11.3. The molecule has 4 rings (SSSR count). The third-order valence-electron chi connectivity index (χ3n) is 6.62. The first kappa shape index (κ1) is 25.4. The first-order valence-electron chi connectivity index (χ1n) is 11.9. The molecule has 3 heterocycles. The van der Waals surface area contributed by atoms with Crippen LogP contribution in [0, 0.1) is 0 Å². The van der Waals surface area contributed by atoms with Gasteiger partial charge in [0, 0.05) is 24.7 Å². The van der Waals surface area contributed by atoms with Crippen molar-refractivity contribution in [3.8, 4) is 0 Å². The number of aromatic nitrogens is 3. The van der Waals surface area contributed by atoms with E-state index in [2.05, 4.69) is 20.3 Å². The number of hydrogen-bond acceptors (Lipinski definition) is 6. The lowest BCUT2D eigenvalue weighted by Crippen LogP contribution is -2.36. The smallest absolute Gasteiger partial charge is 0.407 e. The molecule has 188 valence electrons. The largest absolute Gasteiger partial charge is 0.465 e. The molecule has 9 nitrogen and oxygen atoms in total. The number of nitrogens with one attached hydrogen (secondary N) is 1. The Labute approximate surface area is 214 Å². The van der Waals surface area contributed by atoms with Gasteiger partial charge < -0.3 is 21.1 Å². The molecular weight excluding hydrogens is 480 g/mol. The average Bonchev–Trinajstić information content (AvgIpc) is 2.89. The SMILES string of the molecule is CC(C(N)=O)c1ccccc1CCc1nc(Nc2ccc(C3CCN(C(=O)O)CC3)nc2)ncc1Cl. The van der Waals surface area contributed by atoms with E-state index in [1.807, 2.05) is 36.4 Å². The van der Waals surface area contributed by atoms with Gasteiger partial charge in [0.05, 0.1) is 34.7 Å². The second-order valence-corrected chi connectivity index (χ2v) is 9.36. The molecule has 0 bridgehead atoms. The highest BCUT2D eigenvalue weighted by Gasteiger charge is 2.24. The number of carbonyl (C=O) groups excluding carboxylic acids is 1.